The Labute approximate surface area is 118 Å². The fourth-order valence-electron chi connectivity index (χ4n) is 2.60. The van der Waals surface area contributed by atoms with Crippen molar-refractivity contribution in [2.75, 3.05) is 12.3 Å². The molecular weight excluding hydrogens is 262 g/mol. The standard InChI is InChI=1S/C14H20ClN3O/c1-2-11-6-4-3-5-7-18(11)14(19)10-8-12(15)13(16)17-9-10/h8-9,11H,2-7H2,1H3,(H2,16,17). The highest BCUT2D eigenvalue weighted by Crippen LogP contribution is 2.23. The van der Waals surface area contributed by atoms with E-state index >= 15 is 0 Å². The second kappa shape index (κ2) is 6.24. The summed E-state index contributed by atoms with van der Waals surface area (Å²) in [6.45, 7) is 2.95. The van der Waals surface area contributed by atoms with Crippen LogP contribution in [0.3, 0.4) is 0 Å². The smallest absolute Gasteiger partial charge is 0.255 e. The van der Waals surface area contributed by atoms with Crippen molar-refractivity contribution in [2.24, 2.45) is 0 Å². The number of amides is 1. The number of hydrogen-bond acceptors (Lipinski definition) is 3. The summed E-state index contributed by atoms with van der Waals surface area (Å²) in [5.41, 5.74) is 6.11. The molecule has 1 aliphatic rings. The average molecular weight is 282 g/mol. The van der Waals surface area contributed by atoms with Crippen LogP contribution in [0.2, 0.25) is 5.02 Å². The predicted molar refractivity (Wildman–Crippen MR) is 77.2 cm³/mol. The summed E-state index contributed by atoms with van der Waals surface area (Å²) in [5.74, 6) is 0.282. The molecule has 4 nitrogen and oxygen atoms in total. The van der Waals surface area contributed by atoms with Crippen LogP contribution < -0.4 is 5.73 Å². The molecule has 5 heteroatoms. The SMILES string of the molecule is CCC1CCCCCN1C(=O)c1cnc(N)c(Cl)c1. The number of rotatable bonds is 2. The molecule has 2 N–H and O–H groups in total. The van der Waals surface area contributed by atoms with Crippen molar-refractivity contribution in [3.05, 3.63) is 22.8 Å². The molecule has 1 atom stereocenters. The summed E-state index contributed by atoms with van der Waals surface area (Å²) in [7, 11) is 0. The normalized spacial score (nSPS) is 20.1. The summed E-state index contributed by atoms with van der Waals surface area (Å²) in [6.07, 6.45) is 7.05. The van der Waals surface area contributed by atoms with E-state index in [4.69, 9.17) is 17.3 Å². The number of halogens is 1. The predicted octanol–water partition coefficient (Wildman–Crippen LogP) is 3.11. The first-order valence-corrected chi connectivity index (χ1v) is 7.23. The second-order valence-corrected chi connectivity index (χ2v) is 5.41. The fraction of sp³-hybridized carbons (Fsp3) is 0.571. The van der Waals surface area contributed by atoms with E-state index in [1.54, 1.807) is 6.07 Å². The number of carbonyl (C=O) groups is 1. The van der Waals surface area contributed by atoms with Crippen LogP contribution in [0.25, 0.3) is 0 Å². The average Bonchev–Trinajstić information content (AvgIpc) is 2.66. The zero-order valence-electron chi connectivity index (χ0n) is 11.2. The molecule has 2 rings (SSSR count). The van der Waals surface area contributed by atoms with Gasteiger partial charge < -0.3 is 10.6 Å². The van der Waals surface area contributed by atoms with Crippen LogP contribution in [0.5, 0.6) is 0 Å². The Morgan fingerprint density at radius 2 is 2.32 bits per heavy atom. The van der Waals surface area contributed by atoms with Crippen LogP contribution in [0.15, 0.2) is 12.3 Å². The minimum absolute atomic E-state index is 0.0168. The summed E-state index contributed by atoms with van der Waals surface area (Å²) in [5, 5.41) is 0.341. The molecule has 0 aliphatic carbocycles. The molecule has 1 fully saturated rings. The molecule has 0 spiro atoms. The van der Waals surface area contributed by atoms with Gasteiger partial charge in [-0.25, -0.2) is 4.98 Å². The fourth-order valence-corrected chi connectivity index (χ4v) is 2.77. The lowest BCUT2D eigenvalue weighted by Gasteiger charge is -2.29. The van der Waals surface area contributed by atoms with Crippen LogP contribution in [0.1, 0.15) is 49.4 Å². The van der Waals surface area contributed by atoms with Crippen molar-refractivity contribution in [3.63, 3.8) is 0 Å². The van der Waals surface area contributed by atoms with E-state index < -0.39 is 0 Å². The summed E-state index contributed by atoms with van der Waals surface area (Å²) in [4.78, 5) is 18.5. The first-order valence-electron chi connectivity index (χ1n) is 6.85. The molecule has 1 aromatic heterocycles. The maximum atomic E-state index is 12.6. The number of anilines is 1. The van der Waals surface area contributed by atoms with Gasteiger partial charge in [-0.2, -0.15) is 0 Å². The lowest BCUT2D eigenvalue weighted by molar-refractivity contribution is 0.0678. The maximum absolute atomic E-state index is 12.6. The molecule has 0 radical (unpaired) electrons. The van der Waals surface area contributed by atoms with E-state index in [0.29, 0.717) is 16.6 Å². The zero-order valence-corrected chi connectivity index (χ0v) is 12.0. The second-order valence-electron chi connectivity index (χ2n) is 5.00. The van der Waals surface area contributed by atoms with Gasteiger partial charge in [0.1, 0.15) is 5.82 Å². The van der Waals surface area contributed by atoms with Crippen molar-refractivity contribution < 1.29 is 4.79 Å². The van der Waals surface area contributed by atoms with E-state index in [0.717, 1.165) is 25.8 Å². The van der Waals surface area contributed by atoms with Gasteiger partial charge in [-0.15, -0.1) is 0 Å². The highest BCUT2D eigenvalue weighted by Gasteiger charge is 2.25. The van der Waals surface area contributed by atoms with Crippen LogP contribution in [-0.2, 0) is 0 Å². The first-order chi connectivity index (χ1) is 9.13. The number of likely N-dealkylation sites (tertiary alicyclic amines) is 1. The van der Waals surface area contributed by atoms with Crippen molar-refractivity contribution in [1.82, 2.24) is 9.88 Å². The Morgan fingerprint density at radius 1 is 1.53 bits per heavy atom. The topological polar surface area (TPSA) is 59.2 Å². The van der Waals surface area contributed by atoms with Gasteiger partial charge in [0.2, 0.25) is 0 Å². The molecule has 0 saturated carbocycles. The Bertz CT molecular complexity index is 464. The van der Waals surface area contributed by atoms with Gasteiger partial charge in [-0.1, -0.05) is 31.4 Å². The lowest BCUT2D eigenvalue weighted by atomic mass is 10.1. The molecule has 19 heavy (non-hydrogen) atoms. The van der Waals surface area contributed by atoms with E-state index in [1.807, 2.05) is 4.90 Å². The number of hydrogen-bond donors (Lipinski definition) is 1. The largest absolute Gasteiger partial charge is 0.382 e. The van der Waals surface area contributed by atoms with Gasteiger partial charge in [0, 0.05) is 18.8 Å². The Kier molecular flexibility index (Phi) is 4.64. The Hall–Kier alpha value is -1.29. The minimum atomic E-state index is 0.0168. The number of nitrogens with two attached hydrogens (primary N) is 1. The van der Waals surface area contributed by atoms with Crippen molar-refractivity contribution in [3.8, 4) is 0 Å². The summed E-state index contributed by atoms with van der Waals surface area (Å²) >= 11 is 5.94. The summed E-state index contributed by atoms with van der Waals surface area (Å²) in [6, 6.07) is 1.94. The van der Waals surface area contributed by atoms with Crippen molar-refractivity contribution in [2.45, 2.75) is 45.1 Å². The van der Waals surface area contributed by atoms with E-state index in [-0.39, 0.29) is 11.7 Å². The van der Waals surface area contributed by atoms with Gasteiger partial charge >= 0.3 is 0 Å². The van der Waals surface area contributed by atoms with Gasteiger partial charge in [0.25, 0.3) is 5.91 Å². The third-order valence-electron chi connectivity index (χ3n) is 3.73. The van der Waals surface area contributed by atoms with E-state index in [1.165, 1.54) is 19.0 Å². The maximum Gasteiger partial charge on any atom is 0.255 e. The molecule has 104 valence electrons. The third-order valence-corrected chi connectivity index (χ3v) is 4.03. The minimum Gasteiger partial charge on any atom is -0.382 e. The Balaban J connectivity index is 2.22. The van der Waals surface area contributed by atoms with Gasteiger partial charge in [0.15, 0.2) is 0 Å². The van der Waals surface area contributed by atoms with Crippen LogP contribution >= 0.6 is 11.6 Å². The van der Waals surface area contributed by atoms with E-state index in [2.05, 4.69) is 11.9 Å². The van der Waals surface area contributed by atoms with Crippen LogP contribution in [0, 0.1) is 0 Å². The van der Waals surface area contributed by atoms with Gasteiger partial charge in [-0.05, 0) is 25.3 Å². The van der Waals surface area contributed by atoms with Crippen LogP contribution in [-0.4, -0.2) is 28.4 Å². The highest BCUT2D eigenvalue weighted by molar-refractivity contribution is 6.33. The zero-order chi connectivity index (χ0) is 13.8. The number of pyridine rings is 1. The number of nitrogen functional groups attached to an aromatic ring is 1. The lowest BCUT2D eigenvalue weighted by Crippen LogP contribution is -2.39. The molecule has 1 aromatic rings. The third kappa shape index (κ3) is 3.18. The first kappa shape index (κ1) is 14.1. The molecule has 1 saturated heterocycles. The van der Waals surface area contributed by atoms with Crippen LogP contribution in [0.4, 0.5) is 5.82 Å². The highest BCUT2D eigenvalue weighted by atomic mass is 35.5. The van der Waals surface area contributed by atoms with Crippen molar-refractivity contribution >= 4 is 23.3 Å². The quantitative estimate of drug-likeness (QED) is 0.906. The molecule has 2 heterocycles. The summed E-state index contributed by atoms with van der Waals surface area (Å²) < 4.78 is 0. The van der Waals surface area contributed by atoms with Crippen molar-refractivity contribution in [1.29, 1.82) is 0 Å². The van der Waals surface area contributed by atoms with E-state index in [9.17, 15) is 4.79 Å². The van der Waals surface area contributed by atoms with Gasteiger partial charge in [0.05, 0.1) is 10.6 Å². The van der Waals surface area contributed by atoms with Gasteiger partial charge in [-0.3, -0.25) is 4.79 Å². The number of aromatic nitrogens is 1. The molecule has 0 bridgehead atoms. The molecule has 0 aromatic carbocycles. The monoisotopic (exact) mass is 281 g/mol. The molecule has 1 aliphatic heterocycles. The molecule has 1 unspecified atom stereocenters. The molecular formula is C14H20ClN3O. The number of nitrogens with zero attached hydrogens (tertiary/aromatic N) is 2. The Morgan fingerprint density at radius 3 is 3.00 bits per heavy atom. The molecule has 1 amide bonds. The number of carbonyl (C=O) groups excluding carboxylic acids is 1.